The van der Waals surface area contributed by atoms with Crippen molar-refractivity contribution in [3.8, 4) is 11.5 Å². The van der Waals surface area contributed by atoms with Crippen LogP contribution < -0.4 is 20.1 Å². The van der Waals surface area contributed by atoms with Gasteiger partial charge in [-0.05, 0) is 36.4 Å². The Labute approximate surface area is 162 Å². The Morgan fingerprint density at radius 1 is 0.786 bits per heavy atom. The zero-order valence-corrected chi connectivity index (χ0v) is 15.4. The van der Waals surface area contributed by atoms with Gasteiger partial charge < -0.3 is 20.1 Å². The number of ether oxygens (including phenoxy) is 2. The Balaban J connectivity index is 1.66. The standard InChI is InChI=1S/C21H19N3O4/c1-27-17-7-3-5-15(11-17)23-20(25)14-9-10-19(22-13-14)21(26)24-16-6-4-8-18(12-16)28-2/h3-13H,1-2H3,(H,23,25)(H,24,26). The van der Waals surface area contributed by atoms with E-state index >= 15 is 0 Å². The number of hydrogen-bond acceptors (Lipinski definition) is 5. The number of amides is 2. The first-order valence-corrected chi connectivity index (χ1v) is 8.46. The molecule has 0 radical (unpaired) electrons. The lowest BCUT2D eigenvalue weighted by Crippen LogP contribution is -2.16. The molecule has 3 aromatic rings. The van der Waals surface area contributed by atoms with E-state index in [1.54, 1.807) is 68.8 Å². The lowest BCUT2D eigenvalue weighted by molar-refractivity contribution is 0.101. The van der Waals surface area contributed by atoms with Gasteiger partial charge in [-0.1, -0.05) is 12.1 Å². The van der Waals surface area contributed by atoms with Crippen LogP contribution in [0.2, 0.25) is 0 Å². The number of aromatic nitrogens is 1. The highest BCUT2D eigenvalue weighted by molar-refractivity contribution is 6.06. The van der Waals surface area contributed by atoms with Gasteiger partial charge in [0.15, 0.2) is 0 Å². The summed E-state index contributed by atoms with van der Waals surface area (Å²) >= 11 is 0. The summed E-state index contributed by atoms with van der Waals surface area (Å²) in [6.45, 7) is 0. The second-order valence-electron chi connectivity index (χ2n) is 5.80. The third kappa shape index (κ3) is 4.64. The molecule has 0 saturated carbocycles. The fraction of sp³-hybridized carbons (Fsp3) is 0.0952. The summed E-state index contributed by atoms with van der Waals surface area (Å²) in [5.41, 5.74) is 1.72. The van der Waals surface area contributed by atoms with Crippen molar-refractivity contribution in [3.63, 3.8) is 0 Å². The summed E-state index contributed by atoms with van der Waals surface area (Å²) in [5, 5.41) is 5.50. The Morgan fingerprint density at radius 3 is 1.86 bits per heavy atom. The van der Waals surface area contributed by atoms with E-state index in [9.17, 15) is 9.59 Å². The molecule has 2 aromatic carbocycles. The van der Waals surface area contributed by atoms with Gasteiger partial charge in [0.1, 0.15) is 17.2 Å². The molecule has 2 amide bonds. The lowest BCUT2D eigenvalue weighted by Gasteiger charge is -2.08. The van der Waals surface area contributed by atoms with Crippen molar-refractivity contribution in [3.05, 3.63) is 78.1 Å². The van der Waals surface area contributed by atoms with E-state index in [1.165, 1.54) is 12.3 Å². The van der Waals surface area contributed by atoms with Gasteiger partial charge in [-0.3, -0.25) is 14.6 Å². The van der Waals surface area contributed by atoms with Gasteiger partial charge in [0, 0.05) is 29.7 Å². The molecule has 0 spiro atoms. The number of anilines is 2. The first kappa shape index (κ1) is 18.9. The number of nitrogens with zero attached hydrogens (tertiary/aromatic N) is 1. The third-order valence-corrected chi connectivity index (χ3v) is 3.91. The first-order valence-electron chi connectivity index (χ1n) is 8.46. The van der Waals surface area contributed by atoms with Crippen molar-refractivity contribution < 1.29 is 19.1 Å². The van der Waals surface area contributed by atoms with Gasteiger partial charge in [-0.2, -0.15) is 0 Å². The van der Waals surface area contributed by atoms with Crippen LogP contribution in [0.3, 0.4) is 0 Å². The zero-order valence-electron chi connectivity index (χ0n) is 15.4. The van der Waals surface area contributed by atoms with E-state index in [-0.39, 0.29) is 17.5 Å². The summed E-state index contributed by atoms with van der Waals surface area (Å²) in [5.74, 6) is 0.560. The van der Waals surface area contributed by atoms with Crippen LogP contribution in [0.1, 0.15) is 20.8 Å². The number of hydrogen-bond donors (Lipinski definition) is 2. The number of benzene rings is 2. The van der Waals surface area contributed by atoms with Crippen LogP contribution in [0, 0.1) is 0 Å². The Bertz CT molecular complexity index is 906. The monoisotopic (exact) mass is 377 g/mol. The highest BCUT2D eigenvalue weighted by Gasteiger charge is 2.11. The molecule has 7 nitrogen and oxygen atoms in total. The number of pyridine rings is 1. The van der Waals surface area contributed by atoms with Crippen molar-refractivity contribution in [2.75, 3.05) is 24.9 Å². The number of nitrogens with one attached hydrogen (secondary N) is 2. The molecule has 1 heterocycles. The Morgan fingerprint density at radius 2 is 1.36 bits per heavy atom. The summed E-state index contributed by atoms with van der Waals surface area (Å²) in [4.78, 5) is 28.8. The molecule has 0 bridgehead atoms. The van der Waals surface area contributed by atoms with E-state index in [0.29, 0.717) is 28.4 Å². The summed E-state index contributed by atoms with van der Waals surface area (Å²) in [6, 6.07) is 17.1. The molecule has 2 N–H and O–H groups in total. The molecule has 28 heavy (non-hydrogen) atoms. The van der Waals surface area contributed by atoms with E-state index < -0.39 is 0 Å². The minimum Gasteiger partial charge on any atom is -0.497 e. The van der Waals surface area contributed by atoms with Gasteiger partial charge in [0.25, 0.3) is 11.8 Å². The van der Waals surface area contributed by atoms with E-state index in [2.05, 4.69) is 15.6 Å². The molecule has 0 atom stereocenters. The summed E-state index contributed by atoms with van der Waals surface area (Å²) in [6.07, 6.45) is 1.36. The molecule has 0 fully saturated rings. The van der Waals surface area contributed by atoms with Crippen LogP contribution in [0.15, 0.2) is 66.9 Å². The topological polar surface area (TPSA) is 89.5 Å². The van der Waals surface area contributed by atoms with Crippen molar-refractivity contribution in [1.82, 2.24) is 4.98 Å². The molecule has 7 heteroatoms. The van der Waals surface area contributed by atoms with Crippen molar-refractivity contribution in [1.29, 1.82) is 0 Å². The fourth-order valence-electron chi connectivity index (χ4n) is 2.46. The molecule has 142 valence electrons. The average Bonchev–Trinajstić information content (AvgIpc) is 2.74. The lowest BCUT2D eigenvalue weighted by atomic mass is 10.2. The fourth-order valence-corrected chi connectivity index (χ4v) is 2.46. The molecule has 3 rings (SSSR count). The first-order chi connectivity index (χ1) is 13.6. The summed E-state index contributed by atoms with van der Waals surface area (Å²) < 4.78 is 10.3. The van der Waals surface area contributed by atoms with Gasteiger partial charge in [-0.25, -0.2) is 0 Å². The minimum absolute atomic E-state index is 0.195. The molecule has 0 saturated heterocycles. The summed E-state index contributed by atoms with van der Waals surface area (Å²) in [7, 11) is 3.11. The largest absolute Gasteiger partial charge is 0.497 e. The average molecular weight is 377 g/mol. The number of carbonyl (C=O) groups excluding carboxylic acids is 2. The van der Waals surface area contributed by atoms with E-state index in [1.807, 2.05) is 0 Å². The van der Waals surface area contributed by atoms with Crippen molar-refractivity contribution >= 4 is 23.2 Å². The van der Waals surface area contributed by atoms with Crippen molar-refractivity contribution in [2.45, 2.75) is 0 Å². The van der Waals surface area contributed by atoms with Crippen LogP contribution in [-0.2, 0) is 0 Å². The number of carbonyl (C=O) groups is 2. The maximum atomic E-state index is 12.4. The molecule has 0 unspecified atom stereocenters. The van der Waals surface area contributed by atoms with Crippen LogP contribution in [-0.4, -0.2) is 31.0 Å². The predicted molar refractivity (Wildman–Crippen MR) is 106 cm³/mol. The van der Waals surface area contributed by atoms with E-state index in [4.69, 9.17) is 9.47 Å². The Hall–Kier alpha value is -3.87. The third-order valence-electron chi connectivity index (χ3n) is 3.91. The maximum absolute atomic E-state index is 12.4. The van der Waals surface area contributed by atoms with Crippen molar-refractivity contribution in [2.24, 2.45) is 0 Å². The molecule has 0 aliphatic heterocycles. The van der Waals surface area contributed by atoms with Gasteiger partial charge in [0.2, 0.25) is 0 Å². The Kier molecular flexibility index (Phi) is 5.86. The quantitative estimate of drug-likeness (QED) is 0.685. The van der Waals surface area contributed by atoms with Gasteiger partial charge >= 0.3 is 0 Å². The highest BCUT2D eigenvalue weighted by atomic mass is 16.5. The zero-order chi connectivity index (χ0) is 19.9. The van der Waals surface area contributed by atoms with Crippen LogP contribution in [0.4, 0.5) is 11.4 Å². The maximum Gasteiger partial charge on any atom is 0.274 e. The van der Waals surface area contributed by atoms with Crippen LogP contribution >= 0.6 is 0 Å². The highest BCUT2D eigenvalue weighted by Crippen LogP contribution is 2.18. The van der Waals surface area contributed by atoms with Crippen LogP contribution in [0.25, 0.3) is 0 Å². The second kappa shape index (κ2) is 8.68. The molecule has 0 aliphatic carbocycles. The van der Waals surface area contributed by atoms with Gasteiger partial charge in [-0.15, -0.1) is 0 Å². The second-order valence-corrected chi connectivity index (χ2v) is 5.80. The molecular weight excluding hydrogens is 358 g/mol. The molecule has 0 aliphatic rings. The van der Waals surface area contributed by atoms with Gasteiger partial charge in [0.05, 0.1) is 19.8 Å². The predicted octanol–water partition coefficient (Wildman–Crippen LogP) is 3.60. The number of rotatable bonds is 6. The van der Waals surface area contributed by atoms with Crippen LogP contribution in [0.5, 0.6) is 11.5 Å². The smallest absolute Gasteiger partial charge is 0.274 e. The minimum atomic E-state index is -0.381. The molecular formula is C21H19N3O4. The SMILES string of the molecule is COc1cccc(NC(=O)c2ccc(C(=O)Nc3cccc(OC)c3)nc2)c1. The molecule has 1 aromatic heterocycles. The normalized spacial score (nSPS) is 10.1. The number of methoxy groups -OCH3 is 2. The van der Waals surface area contributed by atoms with E-state index in [0.717, 1.165) is 0 Å².